The molecule has 0 bridgehead atoms. The van der Waals surface area contributed by atoms with E-state index < -0.39 is 6.10 Å². The molecule has 0 aliphatic carbocycles. The largest absolute Gasteiger partial charge is 0.462 e. The summed E-state index contributed by atoms with van der Waals surface area (Å²) in [6.07, 6.45) is 82.4. The van der Waals surface area contributed by atoms with Crippen molar-refractivity contribution in [1.82, 2.24) is 0 Å². The zero-order valence-electron chi connectivity index (χ0n) is 50.8. The van der Waals surface area contributed by atoms with E-state index in [0.717, 1.165) is 96.3 Å². The van der Waals surface area contributed by atoms with E-state index in [0.29, 0.717) is 19.3 Å². The van der Waals surface area contributed by atoms with Crippen molar-refractivity contribution in [2.45, 2.75) is 354 Å². The van der Waals surface area contributed by atoms with E-state index in [2.05, 4.69) is 81.5 Å². The Morgan fingerprint density at radius 2 is 0.513 bits per heavy atom. The topological polar surface area (TPSA) is 78.9 Å². The van der Waals surface area contributed by atoms with Crippen molar-refractivity contribution in [3.05, 3.63) is 60.8 Å². The fourth-order valence-electron chi connectivity index (χ4n) is 9.79. The van der Waals surface area contributed by atoms with Gasteiger partial charge in [0.2, 0.25) is 0 Å². The van der Waals surface area contributed by atoms with E-state index in [-0.39, 0.29) is 31.1 Å². The molecule has 0 saturated carbocycles. The molecule has 0 aliphatic rings. The SMILES string of the molecule is CC/C=C\C/C=C\C/C=C\C/C=C\CCCCCCC(=O)OC(COC(=O)CCCCCCCCCCCCCCCC)COC(=O)CCCCCCCCCCCCCCCCC/C=C\CCCCCCCCCC. The van der Waals surface area contributed by atoms with E-state index in [1.54, 1.807) is 0 Å². The van der Waals surface area contributed by atoms with Gasteiger partial charge < -0.3 is 14.2 Å². The van der Waals surface area contributed by atoms with Gasteiger partial charge in [0.05, 0.1) is 0 Å². The Kier molecular flexibility index (Phi) is 62.2. The lowest BCUT2D eigenvalue weighted by atomic mass is 10.0. The van der Waals surface area contributed by atoms with E-state index in [4.69, 9.17) is 14.2 Å². The Balaban J connectivity index is 4.26. The molecule has 0 radical (unpaired) electrons. The van der Waals surface area contributed by atoms with Crippen molar-refractivity contribution >= 4 is 17.9 Å². The van der Waals surface area contributed by atoms with E-state index in [9.17, 15) is 14.4 Å². The molecule has 0 aromatic heterocycles. The third-order valence-electron chi connectivity index (χ3n) is 14.8. The molecule has 1 unspecified atom stereocenters. The molecule has 0 rings (SSSR count). The summed E-state index contributed by atoms with van der Waals surface area (Å²) in [6.45, 7) is 6.56. The summed E-state index contributed by atoms with van der Waals surface area (Å²) in [5.74, 6) is -0.884. The highest BCUT2D eigenvalue weighted by Crippen LogP contribution is 2.17. The lowest BCUT2D eigenvalue weighted by Gasteiger charge is -2.18. The Bertz CT molecular complexity index is 1360. The molecule has 0 fully saturated rings. The average Bonchev–Trinajstić information content (AvgIpc) is 3.42. The smallest absolute Gasteiger partial charge is 0.306 e. The number of esters is 3. The molecule has 6 heteroatoms. The van der Waals surface area contributed by atoms with Crippen LogP contribution in [0.2, 0.25) is 0 Å². The zero-order chi connectivity index (χ0) is 55.0. The highest BCUT2D eigenvalue weighted by atomic mass is 16.6. The second kappa shape index (κ2) is 64.6. The predicted octanol–water partition coefficient (Wildman–Crippen LogP) is 22.7. The summed E-state index contributed by atoms with van der Waals surface area (Å²) in [7, 11) is 0. The summed E-state index contributed by atoms with van der Waals surface area (Å²) in [4.78, 5) is 38.3. The predicted molar refractivity (Wildman–Crippen MR) is 330 cm³/mol. The fraction of sp³-hybridized carbons (Fsp3) is 0.814. The number of allylic oxidation sites excluding steroid dienone is 10. The Labute approximate surface area is 472 Å². The van der Waals surface area contributed by atoms with Gasteiger partial charge in [0.1, 0.15) is 13.2 Å². The highest BCUT2D eigenvalue weighted by molar-refractivity contribution is 5.71. The van der Waals surface area contributed by atoms with Crippen LogP contribution >= 0.6 is 0 Å². The molecular formula is C70H126O6. The van der Waals surface area contributed by atoms with Crippen LogP contribution in [0.15, 0.2) is 60.8 Å². The lowest BCUT2D eigenvalue weighted by Crippen LogP contribution is -2.30. The van der Waals surface area contributed by atoms with Crippen LogP contribution in [0.1, 0.15) is 348 Å². The van der Waals surface area contributed by atoms with Crippen molar-refractivity contribution in [3.63, 3.8) is 0 Å². The minimum atomic E-state index is -0.786. The Hall–Kier alpha value is -2.89. The van der Waals surface area contributed by atoms with Gasteiger partial charge in [0.15, 0.2) is 6.10 Å². The Morgan fingerprint density at radius 1 is 0.276 bits per heavy atom. The summed E-state index contributed by atoms with van der Waals surface area (Å²) < 4.78 is 16.9. The third-order valence-corrected chi connectivity index (χ3v) is 14.8. The molecule has 76 heavy (non-hydrogen) atoms. The summed E-state index contributed by atoms with van der Waals surface area (Å²) >= 11 is 0. The molecule has 0 N–H and O–H groups in total. The first-order valence-corrected chi connectivity index (χ1v) is 33.3. The van der Waals surface area contributed by atoms with Crippen molar-refractivity contribution in [2.24, 2.45) is 0 Å². The molecule has 442 valence electrons. The molecule has 0 aromatic rings. The number of ether oxygens (including phenoxy) is 3. The number of rotatable bonds is 61. The monoisotopic (exact) mass is 1060 g/mol. The van der Waals surface area contributed by atoms with E-state index in [1.807, 2.05) is 0 Å². The normalized spacial score (nSPS) is 12.4. The van der Waals surface area contributed by atoms with E-state index >= 15 is 0 Å². The van der Waals surface area contributed by atoms with Gasteiger partial charge in [0, 0.05) is 19.3 Å². The minimum absolute atomic E-state index is 0.0803. The maximum Gasteiger partial charge on any atom is 0.306 e. The van der Waals surface area contributed by atoms with Crippen LogP contribution in [0, 0.1) is 0 Å². The second-order valence-electron chi connectivity index (χ2n) is 22.4. The van der Waals surface area contributed by atoms with Crippen LogP contribution in [0.25, 0.3) is 0 Å². The summed E-state index contributed by atoms with van der Waals surface area (Å²) in [6, 6.07) is 0. The molecule has 1 atom stereocenters. The quantitative estimate of drug-likeness (QED) is 0.0261. The minimum Gasteiger partial charge on any atom is -0.462 e. The Morgan fingerprint density at radius 3 is 0.816 bits per heavy atom. The number of hydrogen-bond acceptors (Lipinski definition) is 6. The lowest BCUT2D eigenvalue weighted by molar-refractivity contribution is -0.167. The maximum atomic E-state index is 12.9. The van der Waals surface area contributed by atoms with Crippen LogP contribution in [-0.4, -0.2) is 37.2 Å². The highest BCUT2D eigenvalue weighted by Gasteiger charge is 2.19. The van der Waals surface area contributed by atoms with Crippen molar-refractivity contribution in [2.75, 3.05) is 13.2 Å². The third kappa shape index (κ3) is 62.0. The first-order valence-electron chi connectivity index (χ1n) is 33.3. The average molecular weight is 1060 g/mol. The van der Waals surface area contributed by atoms with Crippen LogP contribution in [-0.2, 0) is 28.6 Å². The number of unbranched alkanes of at least 4 members (excludes halogenated alkanes) is 40. The molecule has 0 heterocycles. The van der Waals surface area contributed by atoms with Gasteiger partial charge in [-0.3, -0.25) is 14.4 Å². The van der Waals surface area contributed by atoms with Crippen molar-refractivity contribution in [3.8, 4) is 0 Å². The number of carbonyl (C=O) groups excluding carboxylic acids is 3. The van der Waals surface area contributed by atoms with Crippen LogP contribution in [0.5, 0.6) is 0 Å². The standard InChI is InChI=1S/C70H126O6/c1-4-7-10-13-16-19-22-25-28-30-31-32-33-34-35-36-37-38-39-41-42-45-48-51-54-57-60-63-69(72)75-66-67(65-74-68(71)62-59-56-53-50-47-44-27-24-21-18-15-12-9-6-3)76-70(73)64-61-58-55-52-49-46-43-40-29-26-23-20-17-14-11-8-5-2/h8,11,17,20,26,29-31,43,46,67H,4-7,9-10,12-16,18-19,21-25,27-28,32-42,44-45,47-66H2,1-3H3/b11-8-,20-17-,29-26-,31-30-,46-43-. The van der Waals surface area contributed by atoms with Gasteiger partial charge >= 0.3 is 17.9 Å². The molecular weight excluding hydrogens is 937 g/mol. The van der Waals surface area contributed by atoms with Crippen LogP contribution < -0.4 is 0 Å². The number of carbonyl (C=O) groups is 3. The zero-order valence-corrected chi connectivity index (χ0v) is 50.8. The maximum absolute atomic E-state index is 12.9. The second-order valence-corrected chi connectivity index (χ2v) is 22.4. The fourth-order valence-corrected chi connectivity index (χ4v) is 9.79. The summed E-state index contributed by atoms with van der Waals surface area (Å²) in [5.41, 5.74) is 0. The van der Waals surface area contributed by atoms with Gasteiger partial charge in [-0.15, -0.1) is 0 Å². The van der Waals surface area contributed by atoms with E-state index in [1.165, 1.54) is 212 Å². The first kappa shape index (κ1) is 73.1. The van der Waals surface area contributed by atoms with Crippen molar-refractivity contribution in [1.29, 1.82) is 0 Å². The summed E-state index contributed by atoms with van der Waals surface area (Å²) in [5, 5.41) is 0. The molecule has 0 aromatic carbocycles. The van der Waals surface area contributed by atoms with Gasteiger partial charge in [-0.25, -0.2) is 0 Å². The van der Waals surface area contributed by atoms with Crippen LogP contribution in [0.3, 0.4) is 0 Å². The molecule has 0 saturated heterocycles. The molecule has 0 aliphatic heterocycles. The van der Waals surface area contributed by atoms with Gasteiger partial charge in [-0.2, -0.15) is 0 Å². The number of hydrogen-bond donors (Lipinski definition) is 0. The van der Waals surface area contributed by atoms with Gasteiger partial charge in [0.25, 0.3) is 0 Å². The molecule has 0 spiro atoms. The molecule has 0 amide bonds. The van der Waals surface area contributed by atoms with Crippen molar-refractivity contribution < 1.29 is 28.6 Å². The molecule has 6 nitrogen and oxygen atoms in total. The van der Waals surface area contributed by atoms with Gasteiger partial charge in [-0.1, -0.05) is 306 Å². The van der Waals surface area contributed by atoms with Crippen LogP contribution in [0.4, 0.5) is 0 Å². The first-order chi connectivity index (χ1) is 37.5. The van der Waals surface area contributed by atoms with Gasteiger partial charge in [-0.05, 0) is 83.5 Å².